The largest absolute Gasteiger partial charge is 0.361 e. The van der Waals surface area contributed by atoms with Crippen LogP contribution in [0.1, 0.15) is 36.8 Å². The number of nitrogens with one attached hydrogen (secondary N) is 1. The number of aryl methyl sites for hydroxylation is 2. The van der Waals surface area contributed by atoms with E-state index in [4.69, 9.17) is 4.52 Å². The molecule has 1 N–H and O–H groups in total. The number of rotatable bonds is 3. The minimum absolute atomic E-state index is 0.109. The van der Waals surface area contributed by atoms with Gasteiger partial charge in [-0.25, -0.2) is 4.79 Å². The second-order valence-electron chi connectivity index (χ2n) is 6.87. The molecular formula is C16H24N4O3. The minimum Gasteiger partial charge on any atom is -0.361 e. The molecule has 1 aromatic heterocycles. The fourth-order valence-electron chi connectivity index (χ4n) is 3.70. The zero-order chi connectivity index (χ0) is 16.8. The van der Waals surface area contributed by atoms with Gasteiger partial charge in [0.2, 0.25) is 0 Å². The molecule has 1 aromatic rings. The number of urea groups is 1. The summed E-state index contributed by atoms with van der Waals surface area (Å²) in [5, 5.41) is 6.89. The van der Waals surface area contributed by atoms with Crippen molar-refractivity contribution in [2.45, 2.75) is 45.7 Å². The molecule has 7 nitrogen and oxygen atoms in total. The molecule has 0 spiro atoms. The molecule has 2 fully saturated rings. The summed E-state index contributed by atoms with van der Waals surface area (Å²) in [7, 11) is 1.54. The van der Waals surface area contributed by atoms with Crippen molar-refractivity contribution in [1.82, 2.24) is 20.3 Å². The highest BCUT2D eigenvalue weighted by Crippen LogP contribution is 2.32. The Morgan fingerprint density at radius 3 is 2.70 bits per heavy atom. The monoisotopic (exact) mass is 320 g/mol. The van der Waals surface area contributed by atoms with Gasteiger partial charge in [-0.3, -0.25) is 14.6 Å². The van der Waals surface area contributed by atoms with Crippen LogP contribution in [0.3, 0.4) is 0 Å². The average molecular weight is 320 g/mol. The molecule has 3 amide bonds. The van der Waals surface area contributed by atoms with Crippen LogP contribution in [0.15, 0.2) is 4.52 Å². The van der Waals surface area contributed by atoms with E-state index < -0.39 is 5.54 Å². The molecule has 3 heterocycles. The Morgan fingerprint density at radius 2 is 2.13 bits per heavy atom. The number of nitrogens with zero attached hydrogens (tertiary/aromatic N) is 3. The molecule has 2 aliphatic heterocycles. The van der Waals surface area contributed by atoms with Gasteiger partial charge in [-0.2, -0.15) is 0 Å². The zero-order valence-corrected chi connectivity index (χ0v) is 14.2. The average Bonchev–Trinajstić information content (AvgIpc) is 2.94. The molecule has 0 aromatic carbocycles. The summed E-state index contributed by atoms with van der Waals surface area (Å²) in [4.78, 5) is 27.8. The van der Waals surface area contributed by atoms with Gasteiger partial charge in [-0.05, 0) is 40.2 Å². The molecule has 126 valence electrons. The number of carbonyl (C=O) groups excluding carboxylic acids is 2. The first kappa shape index (κ1) is 16.0. The molecular weight excluding hydrogens is 296 g/mol. The first-order valence-electron chi connectivity index (χ1n) is 8.07. The van der Waals surface area contributed by atoms with Crippen molar-refractivity contribution >= 4 is 11.9 Å². The summed E-state index contributed by atoms with van der Waals surface area (Å²) >= 11 is 0. The van der Waals surface area contributed by atoms with Crippen molar-refractivity contribution in [1.29, 1.82) is 0 Å². The van der Waals surface area contributed by atoms with E-state index in [1.807, 2.05) is 20.8 Å². The van der Waals surface area contributed by atoms with Gasteiger partial charge in [0.15, 0.2) is 0 Å². The summed E-state index contributed by atoms with van der Waals surface area (Å²) < 4.78 is 5.23. The van der Waals surface area contributed by atoms with Gasteiger partial charge >= 0.3 is 6.03 Å². The fourth-order valence-corrected chi connectivity index (χ4v) is 3.70. The zero-order valence-electron chi connectivity index (χ0n) is 14.2. The molecule has 23 heavy (non-hydrogen) atoms. The summed E-state index contributed by atoms with van der Waals surface area (Å²) in [5.74, 6) is 0.825. The van der Waals surface area contributed by atoms with Crippen LogP contribution in [-0.2, 0) is 11.3 Å². The second kappa shape index (κ2) is 5.63. The smallest absolute Gasteiger partial charge is 0.324 e. The van der Waals surface area contributed by atoms with Crippen LogP contribution < -0.4 is 5.32 Å². The summed E-state index contributed by atoms with van der Waals surface area (Å²) in [6.45, 7) is 8.25. The standard InChI is InChI=1S/C16H24N4O3/c1-10-13(11(2)23-18-10)9-20-7-5-6-12(8-20)16(3)14(21)19(4)15(22)17-16/h12H,5-9H2,1-4H3,(H,17,22). The van der Waals surface area contributed by atoms with E-state index >= 15 is 0 Å². The predicted octanol–water partition coefficient (Wildman–Crippen LogP) is 1.44. The number of imide groups is 1. The number of amides is 3. The summed E-state index contributed by atoms with van der Waals surface area (Å²) in [6.07, 6.45) is 1.95. The van der Waals surface area contributed by atoms with E-state index in [2.05, 4.69) is 15.4 Å². The lowest BCUT2D eigenvalue weighted by atomic mass is 9.80. The molecule has 2 saturated heterocycles. The molecule has 2 atom stereocenters. The molecule has 0 radical (unpaired) electrons. The fraction of sp³-hybridized carbons (Fsp3) is 0.688. The van der Waals surface area contributed by atoms with Gasteiger partial charge in [-0.15, -0.1) is 0 Å². The molecule has 7 heteroatoms. The van der Waals surface area contributed by atoms with Crippen LogP contribution in [-0.4, -0.2) is 52.6 Å². The van der Waals surface area contributed by atoms with Crippen molar-refractivity contribution in [3.05, 3.63) is 17.0 Å². The van der Waals surface area contributed by atoms with Crippen molar-refractivity contribution in [3.63, 3.8) is 0 Å². The number of hydrogen-bond donors (Lipinski definition) is 1. The Hall–Kier alpha value is -1.89. The van der Waals surface area contributed by atoms with E-state index in [-0.39, 0.29) is 17.9 Å². The Bertz CT molecular complexity index is 622. The highest BCUT2D eigenvalue weighted by atomic mass is 16.5. The summed E-state index contributed by atoms with van der Waals surface area (Å²) in [6, 6.07) is -0.305. The Morgan fingerprint density at radius 1 is 1.39 bits per heavy atom. The molecule has 2 aliphatic rings. The van der Waals surface area contributed by atoms with Crippen LogP contribution in [0, 0.1) is 19.8 Å². The molecule has 0 aliphatic carbocycles. The Kier molecular flexibility index (Phi) is 3.91. The van der Waals surface area contributed by atoms with E-state index in [1.165, 1.54) is 11.9 Å². The highest BCUT2D eigenvalue weighted by molar-refractivity contribution is 6.06. The summed E-state index contributed by atoms with van der Waals surface area (Å²) in [5.41, 5.74) is 1.24. The van der Waals surface area contributed by atoms with Crippen LogP contribution in [0.4, 0.5) is 4.79 Å². The van der Waals surface area contributed by atoms with Crippen LogP contribution in [0.25, 0.3) is 0 Å². The molecule has 3 rings (SSSR count). The van der Waals surface area contributed by atoms with Gasteiger partial charge in [0.25, 0.3) is 5.91 Å². The van der Waals surface area contributed by atoms with E-state index in [0.29, 0.717) is 0 Å². The molecule has 0 bridgehead atoms. The molecule has 2 unspecified atom stereocenters. The van der Waals surface area contributed by atoms with E-state index in [0.717, 1.165) is 49.5 Å². The van der Waals surface area contributed by atoms with E-state index in [9.17, 15) is 9.59 Å². The third-order valence-electron chi connectivity index (χ3n) is 5.31. The van der Waals surface area contributed by atoms with Gasteiger partial charge in [0, 0.05) is 31.6 Å². The third kappa shape index (κ3) is 2.63. The topological polar surface area (TPSA) is 78.7 Å². The minimum atomic E-state index is -0.802. The maximum absolute atomic E-state index is 12.5. The van der Waals surface area contributed by atoms with E-state index in [1.54, 1.807) is 0 Å². The van der Waals surface area contributed by atoms with Crippen molar-refractivity contribution < 1.29 is 14.1 Å². The number of aromatic nitrogens is 1. The Labute approximate surface area is 136 Å². The van der Waals surface area contributed by atoms with Crippen molar-refractivity contribution in [2.24, 2.45) is 5.92 Å². The maximum atomic E-state index is 12.5. The van der Waals surface area contributed by atoms with Gasteiger partial charge in [0.05, 0.1) is 5.69 Å². The quantitative estimate of drug-likeness (QED) is 0.853. The molecule has 0 saturated carbocycles. The number of hydrogen-bond acceptors (Lipinski definition) is 5. The lowest BCUT2D eigenvalue weighted by molar-refractivity contribution is -0.132. The first-order chi connectivity index (χ1) is 10.8. The van der Waals surface area contributed by atoms with Crippen molar-refractivity contribution in [2.75, 3.05) is 20.1 Å². The number of likely N-dealkylation sites (tertiary alicyclic amines) is 1. The third-order valence-corrected chi connectivity index (χ3v) is 5.31. The van der Waals surface area contributed by atoms with Gasteiger partial charge < -0.3 is 9.84 Å². The number of piperidine rings is 1. The first-order valence-corrected chi connectivity index (χ1v) is 8.07. The SMILES string of the molecule is Cc1noc(C)c1CN1CCCC(C2(C)NC(=O)N(C)C2=O)C1. The number of likely N-dealkylation sites (N-methyl/N-ethyl adjacent to an activating group) is 1. The highest BCUT2D eigenvalue weighted by Gasteiger charge is 2.51. The maximum Gasteiger partial charge on any atom is 0.324 e. The van der Waals surface area contributed by atoms with Crippen molar-refractivity contribution in [3.8, 4) is 0 Å². The Balaban J connectivity index is 1.74. The van der Waals surface area contributed by atoms with Gasteiger partial charge in [-0.1, -0.05) is 5.16 Å². The van der Waals surface area contributed by atoms with Crippen LogP contribution in [0.5, 0.6) is 0 Å². The predicted molar refractivity (Wildman–Crippen MR) is 83.7 cm³/mol. The lowest BCUT2D eigenvalue weighted by Gasteiger charge is -2.39. The number of carbonyl (C=O) groups is 2. The van der Waals surface area contributed by atoms with Gasteiger partial charge in [0.1, 0.15) is 11.3 Å². The normalized spacial score (nSPS) is 29.2. The van der Waals surface area contributed by atoms with Crippen LogP contribution in [0.2, 0.25) is 0 Å². The lowest BCUT2D eigenvalue weighted by Crippen LogP contribution is -2.55. The van der Waals surface area contributed by atoms with Crippen LogP contribution >= 0.6 is 0 Å². The second-order valence-corrected chi connectivity index (χ2v) is 6.87.